The van der Waals surface area contributed by atoms with Crippen LogP contribution in [0.2, 0.25) is 0 Å². The van der Waals surface area contributed by atoms with E-state index in [1.807, 2.05) is 36.1 Å². The lowest BCUT2D eigenvalue weighted by molar-refractivity contribution is -0.274. The van der Waals surface area contributed by atoms with Crippen LogP contribution in [0.4, 0.5) is 13.2 Å². The quantitative estimate of drug-likeness (QED) is 0.751. The van der Waals surface area contributed by atoms with E-state index in [0.717, 1.165) is 23.0 Å². The van der Waals surface area contributed by atoms with Gasteiger partial charge in [0, 0.05) is 13.1 Å². The number of hydrogen-bond donors (Lipinski definition) is 0. The number of carbonyl (C=O) groups excluding carboxylic acids is 1. The third-order valence-electron chi connectivity index (χ3n) is 4.26. The van der Waals surface area contributed by atoms with E-state index >= 15 is 0 Å². The second-order valence-corrected chi connectivity index (χ2v) is 6.13. The van der Waals surface area contributed by atoms with Crippen LogP contribution >= 0.6 is 0 Å². The van der Waals surface area contributed by atoms with Crippen LogP contribution in [0.15, 0.2) is 48.5 Å². The molecule has 0 saturated carbocycles. The molecule has 2 aromatic rings. The zero-order valence-electron chi connectivity index (χ0n) is 14.1. The Morgan fingerprint density at radius 3 is 2.50 bits per heavy atom. The van der Waals surface area contributed by atoms with Crippen LogP contribution in [-0.2, 0) is 16.1 Å². The van der Waals surface area contributed by atoms with E-state index < -0.39 is 12.6 Å². The lowest BCUT2D eigenvalue weighted by Crippen LogP contribution is -2.30. The van der Waals surface area contributed by atoms with E-state index in [0.29, 0.717) is 13.1 Å². The normalized spacial score (nSPS) is 20.9. The zero-order chi connectivity index (χ0) is 18.7. The Balaban J connectivity index is 1.69. The molecule has 1 saturated heterocycles. The van der Waals surface area contributed by atoms with Crippen LogP contribution in [-0.4, -0.2) is 30.3 Å². The van der Waals surface area contributed by atoms with E-state index in [9.17, 15) is 18.0 Å². The van der Waals surface area contributed by atoms with Crippen molar-refractivity contribution in [2.75, 3.05) is 6.54 Å². The molecular weight excluding hydrogens is 347 g/mol. The number of benzene rings is 2. The number of carbonyl (C=O) groups is 1. The summed E-state index contributed by atoms with van der Waals surface area (Å²) in [7, 11) is 0. The second kappa shape index (κ2) is 7.47. The van der Waals surface area contributed by atoms with Gasteiger partial charge in [-0.25, -0.2) is 0 Å². The predicted octanol–water partition coefficient (Wildman–Crippen LogP) is 3.99. The number of rotatable bonds is 5. The number of nitrogens with zero attached hydrogens (tertiary/aromatic N) is 1. The van der Waals surface area contributed by atoms with Crippen LogP contribution in [0.5, 0.6) is 5.75 Å². The Hall–Kier alpha value is -2.38. The molecule has 0 aromatic heterocycles. The highest BCUT2D eigenvalue weighted by Gasteiger charge is 2.34. The van der Waals surface area contributed by atoms with Crippen molar-refractivity contribution >= 4 is 6.29 Å². The fraction of sp³-hybridized carbons (Fsp3) is 0.316. The Kier molecular flexibility index (Phi) is 5.29. The minimum absolute atomic E-state index is 0.223. The molecular formula is C19H18F3NO3. The van der Waals surface area contributed by atoms with Gasteiger partial charge in [0.15, 0.2) is 12.5 Å². The third-order valence-corrected chi connectivity index (χ3v) is 4.26. The fourth-order valence-electron chi connectivity index (χ4n) is 3.04. The van der Waals surface area contributed by atoms with Gasteiger partial charge in [-0.1, -0.05) is 36.4 Å². The van der Waals surface area contributed by atoms with Crippen LogP contribution in [0.25, 0.3) is 0 Å². The molecule has 7 heteroatoms. The van der Waals surface area contributed by atoms with Crippen molar-refractivity contribution in [2.45, 2.75) is 32.2 Å². The van der Waals surface area contributed by atoms with E-state index in [2.05, 4.69) is 4.74 Å². The first-order valence-corrected chi connectivity index (χ1v) is 8.11. The van der Waals surface area contributed by atoms with Gasteiger partial charge in [-0.3, -0.25) is 9.69 Å². The smallest absolute Gasteiger partial charge is 0.406 e. The van der Waals surface area contributed by atoms with Crippen molar-refractivity contribution in [3.05, 3.63) is 65.2 Å². The average Bonchev–Trinajstić information content (AvgIpc) is 2.98. The molecule has 0 aliphatic carbocycles. The maximum Gasteiger partial charge on any atom is 0.573 e. The number of alkyl halides is 3. The molecule has 0 spiro atoms. The lowest BCUT2D eigenvalue weighted by atomic mass is 10.0. The number of halogens is 3. The maximum absolute atomic E-state index is 12.2. The van der Waals surface area contributed by atoms with Gasteiger partial charge in [-0.15, -0.1) is 13.2 Å². The molecule has 138 valence electrons. The standard InChI is InChI=1S/C19H18F3NO3/c1-13-4-2-3-5-16(13)17-11-23(18(12-24)25-17)10-14-6-8-15(9-7-14)26-19(20,21)22/h2-9,12,17-18H,10-11H2,1H3. The summed E-state index contributed by atoms with van der Waals surface area (Å²) in [6, 6.07) is 13.4. The minimum atomic E-state index is -4.71. The van der Waals surface area contributed by atoms with Gasteiger partial charge in [0.05, 0.1) is 6.10 Å². The maximum atomic E-state index is 12.2. The largest absolute Gasteiger partial charge is 0.573 e. The summed E-state index contributed by atoms with van der Waals surface area (Å²) < 4.78 is 46.4. The SMILES string of the molecule is Cc1ccccc1C1CN(Cc2ccc(OC(F)(F)F)cc2)C(C=O)O1. The Morgan fingerprint density at radius 2 is 1.88 bits per heavy atom. The van der Waals surface area contributed by atoms with Crippen molar-refractivity contribution in [3.8, 4) is 5.75 Å². The number of aldehydes is 1. The molecule has 2 aromatic carbocycles. The fourth-order valence-corrected chi connectivity index (χ4v) is 3.04. The molecule has 1 fully saturated rings. The molecule has 3 rings (SSSR count). The molecule has 0 radical (unpaired) electrons. The molecule has 0 amide bonds. The first-order chi connectivity index (χ1) is 12.4. The van der Waals surface area contributed by atoms with Gasteiger partial charge in [-0.05, 0) is 35.7 Å². The third kappa shape index (κ3) is 4.42. The van der Waals surface area contributed by atoms with Gasteiger partial charge in [0.1, 0.15) is 5.75 Å². The lowest BCUT2D eigenvalue weighted by Gasteiger charge is -2.18. The van der Waals surface area contributed by atoms with Crippen molar-refractivity contribution in [2.24, 2.45) is 0 Å². The Labute approximate surface area is 149 Å². The Bertz CT molecular complexity index is 761. The summed E-state index contributed by atoms with van der Waals surface area (Å²) in [5.41, 5.74) is 2.87. The van der Waals surface area contributed by atoms with Gasteiger partial charge in [-0.2, -0.15) is 0 Å². The highest BCUT2D eigenvalue weighted by atomic mass is 19.4. The van der Waals surface area contributed by atoms with Gasteiger partial charge in [0.2, 0.25) is 0 Å². The van der Waals surface area contributed by atoms with Crippen molar-refractivity contribution < 1.29 is 27.4 Å². The van der Waals surface area contributed by atoms with E-state index in [4.69, 9.17) is 4.74 Å². The molecule has 4 nitrogen and oxygen atoms in total. The number of ether oxygens (including phenoxy) is 2. The molecule has 0 N–H and O–H groups in total. The van der Waals surface area contributed by atoms with Crippen LogP contribution in [0.1, 0.15) is 22.8 Å². The van der Waals surface area contributed by atoms with E-state index in [-0.39, 0.29) is 11.9 Å². The predicted molar refractivity (Wildman–Crippen MR) is 88.4 cm³/mol. The molecule has 2 unspecified atom stereocenters. The monoisotopic (exact) mass is 365 g/mol. The van der Waals surface area contributed by atoms with E-state index in [1.54, 1.807) is 12.1 Å². The van der Waals surface area contributed by atoms with Gasteiger partial charge >= 0.3 is 6.36 Å². The molecule has 2 atom stereocenters. The summed E-state index contributed by atoms with van der Waals surface area (Å²) in [6.07, 6.45) is -4.89. The number of hydrogen-bond acceptors (Lipinski definition) is 4. The van der Waals surface area contributed by atoms with Gasteiger partial charge < -0.3 is 9.47 Å². The molecule has 1 heterocycles. The molecule has 26 heavy (non-hydrogen) atoms. The summed E-state index contributed by atoms with van der Waals surface area (Å²) in [5, 5.41) is 0. The topological polar surface area (TPSA) is 38.8 Å². The Morgan fingerprint density at radius 1 is 1.19 bits per heavy atom. The van der Waals surface area contributed by atoms with Crippen LogP contribution in [0.3, 0.4) is 0 Å². The van der Waals surface area contributed by atoms with Crippen molar-refractivity contribution in [1.29, 1.82) is 0 Å². The van der Waals surface area contributed by atoms with Crippen molar-refractivity contribution in [3.63, 3.8) is 0 Å². The number of aryl methyl sites for hydroxylation is 1. The molecule has 1 aliphatic heterocycles. The molecule has 1 aliphatic rings. The van der Waals surface area contributed by atoms with Gasteiger partial charge in [0.25, 0.3) is 0 Å². The summed E-state index contributed by atoms with van der Waals surface area (Å²) >= 11 is 0. The summed E-state index contributed by atoms with van der Waals surface area (Å²) in [6.45, 7) is 2.89. The highest BCUT2D eigenvalue weighted by molar-refractivity contribution is 5.56. The highest BCUT2D eigenvalue weighted by Crippen LogP contribution is 2.31. The molecule has 0 bridgehead atoms. The van der Waals surface area contributed by atoms with Crippen LogP contribution < -0.4 is 4.74 Å². The second-order valence-electron chi connectivity index (χ2n) is 6.13. The summed E-state index contributed by atoms with van der Waals surface area (Å²) in [4.78, 5) is 13.2. The zero-order valence-corrected chi connectivity index (χ0v) is 14.1. The minimum Gasteiger partial charge on any atom is -0.406 e. The first-order valence-electron chi connectivity index (χ1n) is 8.11. The van der Waals surface area contributed by atoms with Crippen molar-refractivity contribution in [1.82, 2.24) is 4.90 Å². The van der Waals surface area contributed by atoms with E-state index in [1.165, 1.54) is 12.1 Å². The average molecular weight is 365 g/mol. The van der Waals surface area contributed by atoms with Crippen LogP contribution in [0, 0.1) is 6.92 Å². The summed E-state index contributed by atoms with van der Waals surface area (Å²) in [5.74, 6) is -0.274. The first kappa shape index (κ1) is 18.4.